The lowest BCUT2D eigenvalue weighted by Gasteiger charge is -2.23. The standard InChI is InChI=1S/C15H22N2.C6H12O2.CH2O/c1-12(13-7-9-17-10-8-13)11-14-5-3-4-6-15(14)16-2;1-2-3-4-5-6(7)8;1-2/h3-6,11,13,16-17H,7-10H2,1-2H3;2-5H2,1H3,(H,7,8);1H2/b12-11+;;. The molecule has 0 bridgehead atoms. The highest BCUT2D eigenvalue weighted by atomic mass is 16.4. The number of carboxylic acids is 1. The number of allylic oxidation sites excluding steroid dienone is 1. The lowest BCUT2D eigenvalue weighted by atomic mass is 9.89. The zero-order chi connectivity index (χ0) is 20.5. The Hall–Kier alpha value is -2.14. The highest BCUT2D eigenvalue weighted by Gasteiger charge is 2.14. The fourth-order valence-electron chi connectivity index (χ4n) is 3.02. The molecule has 0 amide bonds. The molecule has 3 N–H and O–H groups in total. The van der Waals surface area contributed by atoms with Gasteiger partial charge in [0.05, 0.1) is 0 Å². The first-order valence-corrected chi connectivity index (χ1v) is 9.74. The molecule has 1 saturated heterocycles. The van der Waals surface area contributed by atoms with Gasteiger partial charge in [0.2, 0.25) is 0 Å². The van der Waals surface area contributed by atoms with E-state index in [1.165, 1.54) is 29.7 Å². The maximum Gasteiger partial charge on any atom is 0.303 e. The van der Waals surface area contributed by atoms with Gasteiger partial charge in [-0.25, -0.2) is 0 Å². The normalized spacial score (nSPS) is 14.3. The quantitative estimate of drug-likeness (QED) is 0.606. The van der Waals surface area contributed by atoms with Crippen LogP contribution in [0.1, 0.15) is 57.9 Å². The summed E-state index contributed by atoms with van der Waals surface area (Å²) in [7, 11) is 1.98. The van der Waals surface area contributed by atoms with Crippen LogP contribution in [0.3, 0.4) is 0 Å². The number of carbonyl (C=O) groups is 2. The molecule has 2 rings (SSSR count). The van der Waals surface area contributed by atoms with Gasteiger partial charge in [0.15, 0.2) is 0 Å². The summed E-state index contributed by atoms with van der Waals surface area (Å²) in [5.74, 6) is 0.0691. The second kappa shape index (κ2) is 16.1. The van der Waals surface area contributed by atoms with Crippen LogP contribution in [0.4, 0.5) is 5.69 Å². The van der Waals surface area contributed by atoms with Crippen molar-refractivity contribution in [1.29, 1.82) is 0 Å². The number of benzene rings is 1. The Morgan fingerprint density at radius 1 is 1.26 bits per heavy atom. The Labute approximate surface area is 164 Å². The van der Waals surface area contributed by atoms with Crippen molar-refractivity contribution in [1.82, 2.24) is 5.32 Å². The molecule has 0 atom stereocenters. The first-order valence-electron chi connectivity index (χ1n) is 9.74. The number of piperidine rings is 1. The predicted molar refractivity (Wildman–Crippen MR) is 114 cm³/mol. The van der Waals surface area contributed by atoms with Gasteiger partial charge in [-0.2, -0.15) is 0 Å². The molecule has 1 aliphatic heterocycles. The van der Waals surface area contributed by atoms with Crippen molar-refractivity contribution in [3.8, 4) is 0 Å². The van der Waals surface area contributed by atoms with Crippen molar-refractivity contribution in [2.75, 3.05) is 25.5 Å². The molecule has 1 aromatic carbocycles. The number of para-hydroxylation sites is 1. The summed E-state index contributed by atoms with van der Waals surface area (Å²) in [6.45, 7) is 8.64. The smallest absolute Gasteiger partial charge is 0.303 e. The van der Waals surface area contributed by atoms with Crippen molar-refractivity contribution in [3.63, 3.8) is 0 Å². The van der Waals surface area contributed by atoms with Crippen molar-refractivity contribution in [2.45, 2.75) is 52.4 Å². The maximum atomic E-state index is 9.87. The third-order valence-corrected chi connectivity index (χ3v) is 4.59. The molecule has 1 aliphatic rings. The molecular weight excluding hydrogens is 340 g/mol. The van der Waals surface area contributed by atoms with Crippen LogP contribution < -0.4 is 10.6 Å². The van der Waals surface area contributed by atoms with Gasteiger partial charge in [-0.05, 0) is 56.8 Å². The van der Waals surface area contributed by atoms with E-state index in [2.05, 4.69) is 54.8 Å². The van der Waals surface area contributed by atoms with E-state index in [4.69, 9.17) is 9.90 Å². The van der Waals surface area contributed by atoms with Crippen LogP contribution in [0, 0.1) is 5.92 Å². The Kier molecular flexibility index (Phi) is 14.8. The molecule has 0 aromatic heterocycles. The molecule has 0 saturated carbocycles. The van der Waals surface area contributed by atoms with Crippen LogP contribution in [0.2, 0.25) is 0 Å². The number of rotatable bonds is 7. The lowest BCUT2D eigenvalue weighted by molar-refractivity contribution is -0.137. The van der Waals surface area contributed by atoms with E-state index in [-0.39, 0.29) is 0 Å². The van der Waals surface area contributed by atoms with E-state index in [0.717, 1.165) is 38.3 Å². The lowest BCUT2D eigenvalue weighted by Crippen LogP contribution is -2.28. The van der Waals surface area contributed by atoms with E-state index >= 15 is 0 Å². The van der Waals surface area contributed by atoms with Gasteiger partial charge in [-0.1, -0.05) is 49.6 Å². The van der Waals surface area contributed by atoms with Gasteiger partial charge < -0.3 is 20.5 Å². The van der Waals surface area contributed by atoms with E-state index in [0.29, 0.717) is 6.42 Å². The largest absolute Gasteiger partial charge is 0.481 e. The second-order valence-electron chi connectivity index (χ2n) is 6.60. The van der Waals surface area contributed by atoms with Crippen molar-refractivity contribution in [2.24, 2.45) is 5.92 Å². The summed E-state index contributed by atoms with van der Waals surface area (Å²) in [4.78, 5) is 17.9. The molecule has 0 unspecified atom stereocenters. The van der Waals surface area contributed by atoms with E-state index in [1.54, 1.807) is 0 Å². The molecule has 0 aliphatic carbocycles. The van der Waals surface area contributed by atoms with Gasteiger partial charge in [-0.15, -0.1) is 0 Å². The Balaban J connectivity index is 0.000000574. The van der Waals surface area contributed by atoms with Crippen LogP contribution in [0.25, 0.3) is 6.08 Å². The Morgan fingerprint density at radius 2 is 1.89 bits per heavy atom. The Morgan fingerprint density at radius 3 is 2.44 bits per heavy atom. The molecule has 5 nitrogen and oxygen atoms in total. The monoisotopic (exact) mass is 376 g/mol. The number of hydrogen-bond acceptors (Lipinski definition) is 4. The average Bonchev–Trinajstić information content (AvgIpc) is 2.71. The van der Waals surface area contributed by atoms with Crippen molar-refractivity contribution in [3.05, 3.63) is 35.4 Å². The fourth-order valence-corrected chi connectivity index (χ4v) is 3.02. The maximum absolute atomic E-state index is 9.87. The molecule has 1 aromatic rings. The molecular formula is C22H36N2O3. The third kappa shape index (κ3) is 11.2. The summed E-state index contributed by atoms with van der Waals surface area (Å²) in [5, 5.41) is 14.8. The number of carboxylic acid groups (broad SMARTS) is 1. The highest BCUT2D eigenvalue weighted by molar-refractivity contribution is 5.68. The number of anilines is 1. The van der Waals surface area contributed by atoms with Gasteiger partial charge in [0.25, 0.3) is 0 Å². The number of nitrogens with one attached hydrogen (secondary N) is 2. The fraction of sp³-hybridized carbons (Fsp3) is 0.545. The number of aliphatic carboxylic acids is 1. The SMILES string of the molecule is C=O.CCCCCC(=O)O.CNc1ccccc1/C=C(\C)C1CCNCC1. The van der Waals surface area contributed by atoms with Crippen LogP contribution >= 0.6 is 0 Å². The zero-order valence-corrected chi connectivity index (χ0v) is 17.1. The Bertz CT molecular complexity index is 552. The highest BCUT2D eigenvalue weighted by Crippen LogP contribution is 2.25. The molecule has 5 heteroatoms. The second-order valence-corrected chi connectivity index (χ2v) is 6.60. The molecule has 0 radical (unpaired) electrons. The van der Waals surface area contributed by atoms with E-state index in [9.17, 15) is 4.79 Å². The number of carbonyl (C=O) groups excluding carboxylic acids is 1. The summed E-state index contributed by atoms with van der Waals surface area (Å²) >= 11 is 0. The molecule has 152 valence electrons. The van der Waals surface area contributed by atoms with Gasteiger partial charge in [-0.3, -0.25) is 4.79 Å². The van der Waals surface area contributed by atoms with Crippen LogP contribution in [0.15, 0.2) is 29.8 Å². The first-order chi connectivity index (χ1) is 13.1. The molecule has 27 heavy (non-hydrogen) atoms. The topological polar surface area (TPSA) is 78.4 Å². The van der Waals surface area contributed by atoms with Crippen LogP contribution in [0.5, 0.6) is 0 Å². The minimum atomic E-state index is -0.682. The van der Waals surface area contributed by atoms with Crippen molar-refractivity contribution >= 4 is 24.5 Å². The van der Waals surface area contributed by atoms with Gasteiger partial charge in [0.1, 0.15) is 6.79 Å². The van der Waals surface area contributed by atoms with Crippen LogP contribution in [-0.4, -0.2) is 38.0 Å². The first kappa shape index (κ1) is 24.9. The van der Waals surface area contributed by atoms with Gasteiger partial charge in [0, 0.05) is 19.2 Å². The number of hydrogen-bond donors (Lipinski definition) is 3. The molecule has 1 heterocycles. The number of unbranched alkanes of at least 4 members (excludes halogenated alkanes) is 2. The van der Waals surface area contributed by atoms with E-state index < -0.39 is 5.97 Å². The predicted octanol–water partition coefficient (Wildman–Crippen LogP) is 4.60. The average molecular weight is 377 g/mol. The summed E-state index contributed by atoms with van der Waals surface area (Å²) < 4.78 is 0. The zero-order valence-electron chi connectivity index (χ0n) is 17.1. The summed E-state index contributed by atoms with van der Waals surface area (Å²) in [6.07, 6.45) is 8.15. The van der Waals surface area contributed by atoms with E-state index in [1.807, 2.05) is 13.8 Å². The minimum absolute atomic E-state index is 0.327. The minimum Gasteiger partial charge on any atom is -0.481 e. The summed E-state index contributed by atoms with van der Waals surface area (Å²) in [5.41, 5.74) is 4.01. The van der Waals surface area contributed by atoms with Gasteiger partial charge >= 0.3 is 5.97 Å². The van der Waals surface area contributed by atoms with Crippen molar-refractivity contribution < 1.29 is 14.7 Å². The third-order valence-electron chi connectivity index (χ3n) is 4.59. The van der Waals surface area contributed by atoms with Crippen LogP contribution in [-0.2, 0) is 9.59 Å². The molecule has 1 fully saturated rings. The molecule has 0 spiro atoms. The summed E-state index contributed by atoms with van der Waals surface area (Å²) in [6, 6.07) is 8.48.